The van der Waals surface area contributed by atoms with Crippen molar-refractivity contribution in [1.82, 2.24) is 10.2 Å². The van der Waals surface area contributed by atoms with Crippen LogP contribution in [0.2, 0.25) is 0 Å². The molecule has 3 N–H and O–H groups in total. The lowest BCUT2D eigenvalue weighted by atomic mass is 10.1. The number of aromatic amines is 1. The number of aryl methyl sites for hydroxylation is 1. The van der Waals surface area contributed by atoms with E-state index in [1.807, 2.05) is 32.0 Å². The number of carbonyl (C=O) groups excluding carboxylic acids is 1. The zero-order valence-corrected chi connectivity index (χ0v) is 10.4. The van der Waals surface area contributed by atoms with Crippen molar-refractivity contribution in [2.45, 2.75) is 13.8 Å². The third kappa shape index (κ3) is 2.68. The van der Waals surface area contributed by atoms with Gasteiger partial charge in [-0.25, -0.2) is 0 Å². The summed E-state index contributed by atoms with van der Waals surface area (Å²) in [6, 6.07) is 9.19. The first-order chi connectivity index (χ1) is 8.70. The minimum Gasteiger partial charge on any atom is -0.385 e. The van der Waals surface area contributed by atoms with Crippen LogP contribution in [-0.4, -0.2) is 22.6 Å². The zero-order chi connectivity index (χ0) is 13.0. The van der Waals surface area contributed by atoms with Gasteiger partial charge in [0.25, 0.3) is 5.91 Å². The Labute approximate surface area is 106 Å². The van der Waals surface area contributed by atoms with Crippen LogP contribution in [0, 0.1) is 6.92 Å². The number of para-hydroxylation sites is 1. The molecular weight excluding hydrogens is 228 g/mol. The molecule has 0 aliphatic carbocycles. The topological polar surface area (TPSA) is 69.8 Å². The third-order valence-electron chi connectivity index (χ3n) is 2.49. The Bertz CT molecular complexity index is 547. The molecule has 0 atom stereocenters. The van der Waals surface area contributed by atoms with Gasteiger partial charge in [-0.3, -0.25) is 9.89 Å². The number of anilines is 2. The summed E-state index contributed by atoms with van der Waals surface area (Å²) in [6.45, 7) is 4.65. The lowest BCUT2D eigenvalue weighted by molar-refractivity contribution is 0.102. The molecule has 2 rings (SSSR count). The Hall–Kier alpha value is -2.30. The van der Waals surface area contributed by atoms with Crippen molar-refractivity contribution in [3.05, 3.63) is 41.6 Å². The number of H-pyrrole nitrogens is 1. The van der Waals surface area contributed by atoms with Gasteiger partial charge in [-0.05, 0) is 26.0 Å². The Kier molecular flexibility index (Phi) is 3.62. The molecule has 1 heterocycles. The number of nitrogens with one attached hydrogen (secondary N) is 3. The summed E-state index contributed by atoms with van der Waals surface area (Å²) in [4.78, 5) is 12.1. The normalized spacial score (nSPS) is 10.1. The van der Waals surface area contributed by atoms with Crippen molar-refractivity contribution in [2.24, 2.45) is 0 Å². The van der Waals surface area contributed by atoms with E-state index in [2.05, 4.69) is 20.8 Å². The van der Waals surface area contributed by atoms with Gasteiger partial charge >= 0.3 is 0 Å². The molecule has 0 radical (unpaired) electrons. The number of aromatic nitrogens is 2. The van der Waals surface area contributed by atoms with Gasteiger partial charge in [0.1, 0.15) is 0 Å². The molecule has 1 amide bonds. The van der Waals surface area contributed by atoms with Gasteiger partial charge in [-0.1, -0.05) is 12.1 Å². The van der Waals surface area contributed by atoms with Crippen LogP contribution in [0.4, 0.5) is 11.5 Å². The maximum atomic E-state index is 12.1. The van der Waals surface area contributed by atoms with Crippen molar-refractivity contribution in [1.29, 1.82) is 0 Å². The van der Waals surface area contributed by atoms with Crippen LogP contribution < -0.4 is 10.6 Å². The summed E-state index contributed by atoms with van der Waals surface area (Å²) in [5.41, 5.74) is 2.34. The summed E-state index contributed by atoms with van der Waals surface area (Å²) in [5, 5.41) is 12.7. The molecule has 5 heteroatoms. The van der Waals surface area contributed by atoms with Crippen molar-refractivity contribution >= 4 is 17.4 Å². The molecule has 0 unspecified atom stereocenters. The third-order valence-corrected chi connectivity index (χ3v) is 2.49. The molecule has 94 valence electrons. The van der Waals surface area contributed by atoms with Gasteiger partial charge < -0.3 is 10.6 Å². The van der Waals surface area contributed by atoms with Crippen LogP contribution in [0.5, 0.6) is 0 Å². The number of nitrogens with zero attached hydrogens (tertiary/aromatic N) is 1. The second-order valence-electron chi connectivity index (χ2n) is 3.97. The van der Waals surface area contributed by atoms with E-state index in [0.717, 1.165) is 17.9 Å². The minimum atomic E-state index is -0.168. The fourth-order valence-corrected chi connectivity index (χ4v) is 1.69. The molecule has 0 saturated heterocycles. The monoisotopic (exact) mass is 244 g/mol. The second-order valence-corrected chi connectivity index (χ2v) is 3.97. The van der Waals surface area contributed by atoms with E-state index in [0.29, 0.717) is 11.4 Å². The van der Waals surface area contributed by atoms with Gasteiger partial charge in [0.05, 0.1) is 5.56 Å². The Balaban J connectivity index is 2.18. The van der Waals surface area contributed by atoms with Crippen molar-refractivity contribution in [2.75, 3.05) is 17.2 Å². The summed E-state index contributed by atoms with van der Waals surface area (Å²) in [7, 11) is 0. The zero-order valence-electron chi connectivity index (χ0n) is 10.4. The van der Waals surface area contributed by atoms with Gasteiger partial charge in [-0.15, -0.1) is 0 Å². The van der Waals surface area contributed by atoms with Gasteiger partial charge in [-0.2, -0.15) is 5.10 Å². The maximum Gasteiger partial charge on any atom is 0.258 e. The highest BCUT2D eigenvalue weighted by Crippen LogP contribution is 2.16. The highest BCUT2D eigenvalue weighted by molar-refractivity contribution is 6.07. The molecule has 0 saturated carbocycles. The largest absolute Gasteiger partial charge is 0.385 e. The Morgan fingerprint density at radius 1 is 1.39 bits per heavy atom. The van der Waals surface area contributed by atoms with Crippen LogP contribution >= 0.6 is 0 Å². The van der Waals surface area contributed by atoms with Gasteiger partial charge in [0.15, 0.2) is 5.82 Å². The molecule has 5 nitrogen and oxygen atoms in total. The number of amides is 1. The van der Waals surface area contributed by atoms with Crippen LogP contribution in [0.3, 0.4) is 0 Å². The van der Waals surface area contributed by atoms with E-state index in [1.54, 1.807) is 12.1 Å². The first-order valence-electron chi connectivity index (χ1n) is 5.87. The highest BCUT2D eigenvalue weighted by atomic mass is 16.1. The molecule has 1 aromatic heterocycles. The van der Waals surface area contributed by atoms with Crippen LogP contribution in [-0.2, 0) is 0 Å². The van der Waals surface area contributed by atoms with E-state index in [1.165, 1.54) is 0 Å². The first-order valence-corrected chi connectivity index (χ1v) is 5.87. The predicted octanol–water partition coefficient (Wildman–Crippen LogP) is 2.40. The molecular formula is C13H16N4O. The minimum absolute atomic E-state index is 0.168. The fraction of sp³-hybridized carbons (Fsp3) is 0.231. The molecule has 0 bridgehead atoms. The van der Waals surface area contributed by atoms with E-state index in [9.17, 15) is 4.79 Å². The maximum absolute atomic E-state index is 12.1. The Morgan fingerprint density at radius 3 is 2.83 bits per heavy atom. The predicted molar refractivity (Wildman–Crippen MR) is 71.9 cm³/mol. The molecule has 0 aliphatic heterocycles. The lowest BCUT2D eigenvalue weighted by Crippen LogP contribution is -2.14. The molecule has 18 heavy (non-hydrogen) atoms. The van der Waals surface area contributed by atoms with Crippen molar-refractivity contribution < 1.29 is 4.79 Å². The molecule has 0 fully saturated rings. The van der Waals surface area contributed by atoms with E-state index < -0.39 is 0 Å². The number of carbonyl (C=O) groups is 1. The van der Waals surface area contributed by atoms with Crippen molar-refractivity contribution in [3.63, 3.8) is 0 Å². The number of hydrogen-bond donors (Lipinski definition) is 3. The lowest BCUT2D eigenvalue weighted by Gasteiger charge is -2.09. The van der Waals surface area contributed by atoms with E-state index in [4.69, 9.17) is 0 Å². The van der Waals surface area contributed by atoms with E-state index in [-0.39, 0.29) is 5.91 Å². The van der Waals surface area contributed by atoms with Crippen molar-refractivity contribution in [3.8, 4) is 0 Å². The SMILES string of the molecule is CCNc1ccccc1C(=O)Nc1cc(C)[nH]n1. The molecule has 0 aliphatic rings. The number of rotatable bonds is 4. The highest BCUT2D eigenvalue weighted by Gasteiger charge is 2.11. The van der Waals surface area contributed by atoms with Crippen LogP contribution in [0.15, 0.2) is 30.3 Å². The fourth-order valence-electron chi connectivity index (χ4n) is 1.69. The van der Waals surface area contributed by atoms with Gasteiger partial charge in [0.2, 0.25) is 0 Å². The first kappa shape index (κ1) is 12.2. The smallest absolute Gasteiger partial charge is 0.258 e. The van der Waals surface area contributed by atoms with E-state index >= 15 is 0 Å². The Morgan fingerprint density at radius 2 is 2.17 bits per heavy atom. The molecule has 0 spiro atoms. The van der Waals surface area contributed by atoms with Crippen LogP contribution in [0.25, 0.3) is 0 Å². The molecule has 1 aromatic carbocycles. The summed E-state index contributed by atoms with van der Waals surface area (Å²) in [6.07, 6.45) is 0. The summed E-state index contributed by atoms with van der Waals surface area (Å²) in [5.74, 6) is 0.363. The standard InChI is InChI=1S/C13H16N4O/c1-3-14-11-7-5-4-6-10(11)13(18)15-12-8-9(2)16-17-12/h4-8,14H,3H2,1-2H3,(H2,15,16,17,18). The number of benzene rings is 1. The molecule has 2 aromatic rings. The second kappa shape index (κ2) is 5.35. The van der Waals surface area contributed by atoms with Gasteiger partial charge in [0, 0.05) is 24.0 Å². The van der Waals surface area contributed by atoms with Crippen LogP contribution in [0.1, 0.15) is 23.0 Å². The number of hydrogen-bond acceptors (Lipinski definition) is 3. The summed E-state index contributed by atoms with van der Waals surface area (Å²) < 4.78 is 0. The quantitative estimate of drug-likeness (QED) is 0.773. The average Bonchev–Trinajstić information content (AvgIpc) is 2.76. The average molecular weight is 244 g/mol. The summed E-state index contributed by atoms with van der Waals surface area (Å²) >= 11 is 0.